The zero-order valence-corrected chi connectivity index (χ0v) is 12.4. The number of hydrogen-bond donors (Lipinski definition) is 1. The van der Waals surface area contributed by atoms with Crippen LogP contribution in [0.2, 0.25) is 0 Å². The lowest BCUT2D eigenvalue weighted by molar-refractivity contribution is -0.152. The molecular formula is C16H22O5. The lowest BCUT2D eigenvalue weighted by Gasteiger charge is -2.16. The molecular weight excluding hydrogens is 272 g/mol. The molecule has 0 spiro atoms. The molecule has 0 bridgehead atoms. The van der Waals surface area contributed by atoms with E-state index in [1.807, 2.05) is 44.2 Å². The highest BCUT2D eigenvalue weighted by atomic mass is 16.8. The topological polar surface area (TPSA) is 60.5 Å². The molecule has 0 aromatic heterocycles. The molecule has 4 atom stereocenters. The minimum absolute atomic E-state index is 0.0164. The SMILES string of the molecule is CC1(C)O[C@@H]([C@@H]2O[C@H]2CO)[C@H](COCc2ccccc2)O1. The van der Waals surface area contributed by atoms with Gasteiger partial charge in [-0.3, -0.25) is 0 Å². The zero-order valence-electron chi connectivity index (χ0n) is 12.4. The van der Waals surface area contributed by atoms with Crippen LogP contribution in [0.15, 0.2) is 30.3 Å². The maximum absolute atomic E-state index is 9.13. The molecule has 0 saturated carbocycles. The average Bonchev–Trinajstić information content (AvgIpc) is 3.18. The van der Waals surface area contributed by atoms with Crippen LogP contribution in [0, 0.1) is 0 Å². The number of hydrogen-bond acceptors (Lipinski definition) is 5. The van der Waals surface area contributed by atoms with Gasteiger partial charge in [0.15, 0.2) is 5.79 Å². The van der Waals surface area contributed by atoms with E-state index in [-0.39, 0.29) is 31.0 Å². The Morgan fingerprint density at radius 2 is 1.86 bits per heavy atom. The molecule has 0 unspecified atom stereocenters. The summed E-state index contributed by atoms with van der Waals surface area (Å²) in [4.78, 5) is 0. The normalized spacial score (nSPS) is 34.0. The van der Waals surface area contributed by atoms with E-state index in [1.165, 1.54) is 0 Å². The first-order chi connectivity index (χ1) is 10.1. The van der Waals surface area contributed by atoms with Gasteiger partial charge >= 0.3 is 0 Å². The fourth-order valence-corrected chi connectivity index (χ4v) is 2.73. The van der Waals surface area contributed by atoms with Crippen LogP contribution in [0.4, 0.5) is 0 Å². The summed E-state index contributed by atoms with van der Waals surface area (Å²) in [6.07, 6.45) is -0.593. The fraction of sp³-hybridized carbons (Fsp3) is 0.625. The summed E-state index contributed by atoms with van der Waals surface area (Å²) < 4.78 is 22.9. The first kappa shape index (κ1) is 14.9. The van der Waals surface area contributed by atoms with E-state index >= 15 is 0 Å². The van der Waals surface area contributed by atoms with Crippen molar-refractivity contribution in [1.82, 2.24) is 0 Å². The van der Waals surface area contributed by atoms with E-state index in [2.05, 4.69) is 0 Å². The Balaban J connectivity index is 1.53. The molecule has 2 fully saturated rings. The number of benzene rings is 1. The Hall–Kier alpha value is -0.980. The molecule has 5 nitrogen and oxygen atoms in total. The van der Waals surface area contributed by atoms with E-state index in [0.29, 0.717) is 13.2 Å². The Morgan fingerprint density at radius 1 is 1.10 bits per heavy atom. The third-order valence-electron chi connectivity index (χ3n) is 3.74. The Bertz CT molecular complexity index is 461. The van der Waals surface area contributed by atoms with Crippen LogP contribution >= 0.6 is 0 Å². The molecule has 2 aliphatic heterocycles. The van der Waals surface area contributed by atoms with Crippen LogP contribution in [0.1, 0.15) is 19.4 Å². The quantitative estimate of drug-likeness (QED) is 0.805. The highest BCUT2D eigenvalue weighted by molar-refractivity contribution is 5.13. The number of aliphatic hydroxyl groups is 1. The maximum atomic E-state index is 9.13. The molecule has 116 valence electrons. The van der Waals surface area contributed by atoms with Gasteiger partial charge in [-0.25, -0.2) is 0 Å². The highest BCUT2D eigenvalue weighted by Gasteiger charge is 2.54. The Kier molecular flexibility index (Phi) is 4.28. The number of epoxide rings is 1. The van der Waals surface area contributed by atoms with Gasteiger partial charge in [-0.05, 0) is 19.4 Å². The summed E-state index contributed by atoms with van der Waals surface area (Å²) >= 11 is 0. The highest BCUT2D eigenvalue weighted by Crippen LogP contribution is 2.38. The third kappa shape index (κ3) is 3.62. The van der Waals surface area contributed by atoms with E-state index in [4.69, 9.17) is 24.1 Å². The Labute approximate surface area is 124 Å². The second-order valence-electron chi connectivity index (χ2n) is 5.96. The van der Waals surface area contributed by atoms with Crippen molar-refractivity contribution in [3.05, 3.63) is 35.9 Å². The number of ether oxygens (including phenoxy) is 4. The van der Waals surface area contributed by atoms with Gasteiger partial charge in [0.05, 0.1) is 19.8 Å². The van der Waals surface area contributed by atoms with E-state index in [1.54, 1.807) is 0 Å². The molecule has 1 N–H and O–H groups in total. The number of rotatable bonds is 6. The van der Waals surface area contributed by atoms with Gasteiger partial charge in [0.1, 0.15) is 24.4 Å². The van der Waals surface area contributed by atoms with Gasteiger partial charge < -0.3 is 24.1 Å². The second-order valence-corrected chi connectivity index (χ2v) is 5.96. The third-order valence-corrected chi connectivity index (χ3v) is 3.74. The predicted molar refractivity (Wildman–Crippen MR) is 75.7 cm³/mol. The Morgan fingerprint density at radius 3 is 2.52 bits per heavy atom. The second kappa shape index (κ2) is 6.02. The van der Waals surface area contributed by atoms with Crippen LogP contribution in [0.3, 0.4) is 0 Å². The summed E-state index contributed by atoms with van der Waals surface area (Å²) in [6, 6.07) is 10.0. The van der Waals surface area contributed by atoms with Crippen LogP contribution < -0.4 is 0 Å². The van der Waals surface area contributed by atoms with Gasteiger partial charge in [0.2, 0.25) is 0 Å². The molecule has 0 radical (unpaired) electrons. The average molecular weight is 294 g/mol. The first-order valence-corrected chi connectivity index (χ1v) is 7.33. The molecule has 5 heteroatoms. The summed E-state index contributed by atoms with van der Waals surface area (Å²) in [5.74, 6) is -0.641. The fourth-order valence-electron chi connectivity index (χ4n) is 2.73. The molecule has 2 heterocycles. The maximum Gasteiger partial charge on any atom is 0.164 e. The lowest BCUT2D eigenvalue weighted by atomic mass is 10.1. The van der Waals surface area contributed by atoms with Gasteiger partial charge in [0, 0.05) is 0 Å². The van der Waals surface area contributed by atoms with Crippen molar-refractivity contribution in [2.75, 3.05) is 13.2 Å². The zero-order chi connectivity index (χ0) is 14.9. The summed E-state index contributed by atoms with van der Waals surface area (Å²) in [6.45, 7) is 4.77. The number of aliphatic hydroxyl groups excluding tert-OH is 1. The van der Waals surface area contributed by atoms with Gasteiger partial charge in [-0.1, -0.05) is 30.3 Å². The van der Waals surface area contributed by atoms with Crippen molar-refractivity contribution in [1.29, 1.82) is 0 Å². The van der Waals surface area contributed by atoms with Crippen molar-refractivity contribution in [3.63, 3.8) is 0 Å². The van der Waals surface area contributed by atoms with Crippen LogP contribution in [-0.2, 0) is 25.6 Å². The molecule has 1 aromatic rings. The van der Waals surface area contributed by atoms with Gasteiger partial charge in [-0.15, -0.1) is 0 Å². The molecule has 21 heavy (non-hydrogen) atoms. The summed E-state index contributed by atoms with van der Waals surface area (Å²) in [7, 11) is 0. The van der Waals surface area contributed by atoms with Crippen LogP contribution in [0.25, 0.3) is 0 Å². The van der Waals surface area contributed by atoms with Crippen LogP contribution in [-0.4, -0.2) is 48.5 Å². The van der Waals surface area contributed by atoms with E-state index in [0.717, 1.165) is 5.56 Å². The molecule has 0 aliphatic carbocycles. The van der Waals surface area contributed by atoms with E-state index < -0.39 is 5.79 Å². The summed E-state index contributed by atoms with van der Waals surface area (Å²) in [5.41, 5.74) is 1.13. The monoisotopic (exact) mass is 294 g/mol. The minimum Gasteiger partial charge on any atom is -0.394 e. The van der Waals surface area contributed by atoms with Crippen molar-refractivity contribution in [2.24, 2.45) is 0 Å². The van der Waals surface area contributed by atoms with Gasteiger partial charge in [-0.2, -0.15) is 0 Å². The summed E-state index contributed by atoms with van der Waals surface area (Å²) in [5, 5.41) is 9.13. The smallest absolute Gasteiger partial charge is 0.164 e. The van der Waals surface area contributed by atoms with Crippen molar-refractivity contribution in [3.8, 4) is 0 Å². The molecule has 2 saturated heterocycles. The minimum atomic E-state index is -0.641. The predicted octanol–water partition coefficient (Wildman–Crippen LogP) is 1.48. The van der Waals surface area contributed by atoms with Crippen molar-refractivity contribution in [2.45, 2.75) is 50.7 Å². The van der Waals surface area contributed by atoms with Gasteiger partial charge in [0.25, 0.3) is 0 Å². The molecule has 3 rings (SSSR count). The molecule has 0 amide bonds. The lowest BCUT2D eigenvalue weighted by Crippen LogP contribution is -2.33. The van der Waals surface area contributed by atoms with Crippen molar-refractivity contribution >= 4 is 0 Å². The molecule has 2 aliphatic rings. The molecule has 1 aromatic carbocycles. The van der Waals surface area contributed by atoms with Crippen molar-refractivity contribution < 1.29 is 24.1 Å². The van der Waals surface area contributed by atoms with Crippen LogP contribution in [0.5, 0.6) is 0 Å². The standard InChI is InChI=1S/C16H22O5/c1-16(2)20-13(15(21-16)14-12(8-17)19-14)10-18-9-11-6-4-3-5-7-11/h3-7,12-15,17H,8-10H2,1-2H3/t12-,13-,14+,15+/m0/s1. The first-order valence-electron chi connectivity index (χ1n) is 7.33. The largest absolute Gasteiger partial charge is 0.394 e. The van der Waals surface area contributed by atoms with E-state index in [9.17, 15) is 0 Å².